The van der Waals surface area contributed by atoms with Crippen LogP contribution in [0.15, 0.2) is 58.6 Å². The number of alkyl halides is 3. The lowest BCUT2D eigenvalue weighted by Gasteiger charge is -2.40. The van der Waals surface area contributed by atoms with E-state index in [-0.39, 0.29) is 35.6 Å². The Labute approximate surface area is 202 Å². The summed E-state index contributed by atoms with van der Waals surface area (Å²) in [4.78, 5) is 41.9. The van der Waals surface area contributed by atoms with Crippen LogP contribution >= 0.6 is 11.8 Å². The molecule has 0 saturated carbocycles. The Balaban J connectivity index is 1.98. The summed E-state index contributed by atoms with van der Waals surface area (Å²) in [7, 11) is 1.07. The van der Waals surface area contributed by atoms with Crippen LogP contribution in [0.2, 0.25) is 0 Å². The van der Waals surface area contributed by atoms with E-state index in [2.05, 4.69) is 0 Å². The Morgan fingerprint density at radius 3 is 2.54 bits per heavy atom. The summed E-state index contributed by atoms with van der Waals surface area (Å²) in [6.07, 6.45) is -3.83. The van der Waals surface area contributed by atoms with Crippen LogP contribution in [0.1, 0.15) is 35.6 Å². The average Bonchev–Trinajstić information content (AvgIpc) is 3.22. The van der Waals surface area contributed by atoms with Crippen LogP contribution in [0, 0.1) is 11.3 Å². The number of allylic oxidation sites excluding steroid dienone is 1. The number of ether oxygens (including phenoxy) is 1. The molecule has 3 amide bonds. The Morgan fingerprint density at radius 2 is 1.91 bits per heavy atom. The first-order valence-corrected chi connectivity index (χ1v) is 11.6. The fraction of sp³-hybridized carbons (Fsp3) is 0.250. The minimum atomic E-state index is -4.65. The van der Waals surface area contributed by atoms with Crippen molar-refractivity contribution in [2.24, 2.45) is 0 Å². The van der Waals surface area contributed by atoms with Crippen molar-refractivity contribution in [2.45, 2.75) is 30.0 Å². The number of hydrogen-bond donors (Lipinski definition) is 0. The standard InChI is InChI=1S/C24H18F3N3O4S/c1-34-23(33)30-21(16-7-6-13(12-28)10-19(16)35-2)20-17(8-9-18(20)31)29(22(30)32)15-5-3-4-14(11-15)24(25,26)27/h3-7,10-11,21H,8-9H2,1-2H3/t21-/m1/s1. The van der Waals surface area contributed by atoms with Crippen molar-refractivity contribution in [3.05, 3.63) is 70.4 Å². The number of urea groups is 1. The summed E-state index contributed by atoms with van der Waals surface area (Å²) in [5.74, 6) is -0.334. The van der Waals surface area contributed by atoms with Gasteiger partial charge in [0.2, 0.25) is 0 Å². The summed E-state index contributed by atoms with van der Waals surface area (Å²) in [6, 6.07) is 8.72. The second-order valence-electron chi connectivity index (χ2n) is 7.76. The van der Waals surface area contributed by atoms with Gasteiger partial charge in [0.25, 0.3) is 0 Å². The Bertz CT molecular complexity index is 1320. The number of nitrogens with zero attached hydrogens (tertiary/aromatic N) is 3. The van der Waals surface area contributed by atoms with Gasteiger partial charge in [-0.05, 0) is 48.6 Å². The van der Waals surface area contributed by atoms with Gasteiger partial charge in [0.1, 0.15) is 6.04 Å². The number of halogens is 3. The topological polar surface area (TPSA) is 90.7 Å². The highest BCUT2D eigenvalue weighted by atomic mass is 32.2. The molecule has 0 radical (unpaired) electrons. The molecule has 0 saturated heterocycles. The number of anilines is 1. The van der Waals surface area contributed by atoms with Crippen molar-refractivity contribution in [1.82, 2.24) is 4.90 Å². The number of methoxy groups -OCH3 is 1. The van der Waals surface area contributed by atoms with Crippen LogP contribution in [0.5, 0.6) is 0 Å². The molecule has 0 unspecified atom stereocenters. The van der Waals surface area contributed by atoms with E-state index < -0.39 is 29.9 Å². The number of carbonyl (C=O) groups excluding carboxylic acids is 3. The smallest absolute Gasteiger partial charge is 0.418 e. The molecule has 1 atom stereocenters. The summed E-state index contributed by atoms with van der Waals surface area (Å²) in [5, 5.41) is 9.26. The molecule has 11 heteroatoms. The van der Waals surface area contributed by atoms with Crippen LogP contribution in [-0.2, 0) is 15.7 Å². The van der Waals surface area contributed by atoms with Gasteiger partial charge in [-0.1, -0.05) is 12.1 Å². The van der Waals surface area contributed by atoms with Crippen LogP contribution in [-0.4, -0.2) is 36.2 Å². The fourth-order valence-corrected chi connectivity index (χ4v) is 5.00. The average molecular weight is 501 g/mol. The molecule has 35 heavy (non-hydrogen) atoms. The lowest BCUT2D eigenvalue weighted by Crippen LogP contribution is -2.52. The highest BCUT2D eigenvalue weighted by Gasteiger charge is 2.49. The molecule has 0 fully saturated rings. The molecule has 180 valence electrons. The van der Waals surface area contributed by atoms with Gasteiger partial charge in [0.05, 0.1) is 30.0 Å². The van der Waals surface area contributed by atoms with Gasteiger partial charge < -0.3 is 4.74 Å². The van der Waals surface area contributed by atoms with Gasteiger partial charge in [-0.15, -0.1) is 11.8 Å². The first-order valence-electron chi connectivity index (χ1n) is 10.3. The molecule has 1 aliphatic heterocycles. The molecule has 0 N–H and O–H groups in total. The summed E-state index contributed by atoms with van der Waals surface area (Å²) >= 11 is 1.26. The van der Waals surface area contributed by atoms with Crippen LogP contribution in [0.4, 0.5) is 28.4 Å². The number of rotatable bonds is 3. The van der Waals surface area contributed by atoms with Crippen LogP contribution in [0.25, 0.3) is 0 Å². The molecule has 7 nitrogen and oxygen atoms in total. The third-order valence-corrected chi connectivity index (χ3v) is 6.65. The molecule has 0 bridgehead atoms. The third-order valence-electron chi connectivity index (χ3n) is 5.86. The minimum absolute atomic E-state index is 0.0315. The van der Waals surface area contributed by atoms with Crippen molar-refractivity contribution in [2.75, 3.05) is 18.3 Å². The lowest BCUT2D eigenvalue weighted by atomic mass is 9.92. The Hall–Kier alpha value is -3.78. The van der Waals surface area contributed by atoms with E-state index in [1.165, 1.54) is 23.9 Å². The molecule has 1 aliphatic carbocycles. The predicted molar refractivity (Wildman–Crippen MR) is 121 cm³/mol. The number of ketones is 1. The number of hydrogen-bond acceptors (Lipinski definition) is 6. The van der Waals surface area contributed by atoms with Crippen LogP contribution in [0.3, 0.4) is 0 Å². The maximum Gasteiger partial charge on any atom is 0.418 e. The van der Waals surface area contributed by atoms with Gasteiger partial charge >= 0.3 is 18.3 Å². The third kappa shape index (κ3) is 4.14. The number of Topliss-reactive ketones (excluding diaryl/α,β-unsaturated/α-hetero) is 1. The zero-order valence-corrected chi connectivity index (χ0v) is 19.4. The number of nitriles is 1. The number of thioether (sulfide) groups is 1. The summed E-state index contributed by atoms with van der Waals surface area (Å²) in [5.41, 5.74) is 0.0551. The van der Waals surface area contributed by atoms with Gasteiger partial charge in [-0.25, -0.2) is 14.5 Å². The molecule has 1 heterocycles. The second-order valence-corrected chi connectivity index (χ2v) is 8.61. The summed E-state index contributed by atoms with van der Waals surface area (Å²) < 4.78 is 45.0. The van der Waals surface area contributed by atoms with E-state index in [4.69, 9.17) is 4.74 Å². The van der Waals surface area contributed by atoms with Gasteiger partial charge in [0.15, 0.2) is 5.78 Å². The number of amides is 3. The SMILES string of the molecule is COC(=O)N1C(=O)N(c2cccc(C(F)(F)F)c2)C2=C(C(=O)CC2)[C@H]1c1ccc(C#N)cc1SC. The molecule has 0 spiro atoms. The van der Waals surface area contributed by atoms with E-state index in [1.807, 2.05) is 6.07 Å². The van der Waals surface area contributed by atoms with Gasteiger partial charge in [0, 0.05) is 22.6 Å². The van der Waals surface area contributed by atoms with Crippen molar-refractivity contribution in [3.8, 4) is 6.07 Å². The molecule has 2 aromatic rings. The number of benzene rings is 2. The quantitative estimate of drug-likeness (QED) is 0.504. The predicted octanol–water partition coefficient (Wildman–Crippen LogP) is 5.67. The minimum Gasteiger partial charge on any atom is -0.452 e. The molecule has 2 aliphatic rings. The normalized spacial score (nSPS) is 18.0. The lowest BCUT2D eigenvalue weighted by molar-refractivity contribution is -0.137. The summed E-state index contributed by atoms with van der Waals surface area (Å²) in [6.45, 7) is 0. The highest BCUT2D eigenvalue weighted by molar-refractivity contribution is 7.98. The monoisotopic (exact) mass is 501 g/mol. The first-order chi connectivity index (χ1) is 16.6. The van der Waals surface area contributed by atoms with E-state index in [0.717, 1.165) is 35.1 Å². The van der Waals surface area contributed by atoms with E-state index in [9.17, 15) is 32.8 Å². The number of carbonyl (C=O) groups is 3. The zero-order chi connectivity index (χ0) is 25.5. The molecular weight excluding hydrogens is 483 g/mol. The fourth-order valence-electron chi connectivity index (χ4n) is 4.34. The number of imide groups is 1. The van der Waals surface area contributed by atoms with Crippen molar-refractivity contribution >= 4 is 35.4 Å². The van der Waals surface area contributed by atoms with Crippen molar-refractivity contribution in [1.29, 1.82) is 5.26 Å². The van der Waals surface area contributed by atoms with Crippen LogP contribution < -0.4 is 4.90 Å². The highest BCUT2D eigenvalue weighted by Crippen LogP contribution is 2.47. The molecule has 0 aromatic heterocycles. The largest absolute Gasteiger partial charge is 0.452 e. The maximum atomic E-state index is 13.7. The molecular formula is C24H18F3N3O4S. The molecule has 4 rings (SSSR count). The maximum absolute atomic E-state index is 13.7. The van der Waals surface area contributed by atoms with E-state index in [0.29, 0.717) is 16.0 Å². The van der Waals surface area contributed by atoms with Gasteiger partial charge in [-0.2, -0.15) is 18.4 Å². The second kappa shape index (κ2) is 9.11. The molecule has 2 aromatic carbocycles. The van der Waals surface area contributed by atoms with Gasteiger partial charge in [-0.3, -0.25) is 9.69 Å². The van der Waals surface area contributed by atoms with E-state index in [1.54, 1.807) is 18.4 Å². The Kier molecular flexibility index (Phi) is 6.34. The van der Waals surface area contributed by atoms with Crippen molar-refractivity contribution in [3.63, 3.8) is 0 Å². The van der Waals surface area contributed by atoms with E-state index >= 15 is 0 Å². The van der Waals surface area contributed by atoms with Crippen molar-refractivity contribution < 1.29 is 32.3 Å². The zero-order valence-electron chi connectivity index (χ0n) is 18.5. The Morgan fingerprint density at radius 1 is 1.17 bits per heavy atom. The first kappa shape index (κ1) is 24.3.